The van der Waals surface area contributed by atoms with E-state index in [1.807, 2.05) is 18.2 Å². The SMILES string of the molecule is NC1[C@H]2CN(c3ccc4c(c3)OCCc3c-4[nH]c(=O)c(OC(=O)O)c3O)C[C@@H]12. The number of ether oxygens (including phenoxy) is 2. The number of hydrogen-bond acceptors (Lipinski definition) is 7. The second-order valence-electron chi connectivity index (χ2n) is 7.44. The second-order valence-corrected chi connectivity index (χ2v) is 7.44. The Labute approximate surface area is 159 Å². The van der Waals surface area contributed by atoms with Gasteiger partial charge in [-0.15, -0.1) is 0 Å². The van der Waals surface area contributed by atoms with Crippen LogP contribution in [0.4, 0.5) is 10.5 Å². The largest absolute Gasteiger partial charge is 0.511 e. The van der Waals surface area contributed by atoms with E-state index >= 15 is 0 Å². The maximum absolute atomic E-state index is 12.3. The van der Waals surface area contributed by atoms with Gasteiger partial charge in [0.05, 0.1) is 12.3 Å². The van der Waals surface area contributed by atoms with Gasteiger partial charge in [-0.25, -0.2) is 4.79 Å². The first-order chi connectivity index (χ1) is 13.4. The van der Waals surface area contributed by atoms with Gasteiger partial charge in [-0.2, -0.15) is 0 Å². The molecule has 28 heavy (non-hydrogen) atoms. The first kappa shape index (κ1) is 16.9. The third-order valence-electron chi connectivity index (χ3n) is 5.91. The Hall–Kier alpha value is -3.20. The normalized spacial score (nSPS) is 24.5. The molecular weight excluding hydrogens is 366 g/mol. The van der Waals surface area contributed by atoms with Gasteiger partial charge in [0, 0.05) is 48.4 Å². The molecule has 1 aliphatic carbocycles. The van der Waals surface area contributed by atoms with Crippen LogP contribution >= 0.6 is 0 Å². The molecule has 0 radical (unpaired) electrons. The summed E-state index contributed by atoms with van der Waals surface area (Å²) in [4.78, 5) is 28.0. The van der Waals surface area contributed by atoms with E-state index in [0.717, 1.165) is 18.8 Å². The molecule has 3 aliphatic rings. The highest BCUT2D eigenvalue weighted by Crippen LogP contribution is 2.47. The summed E-state index contributed by atoms with van der Waals surface area (Å²) < 4.78 is 10.3. The van der Waals surface area contributed by atoms with Crippen LogP contribution < -0.4 is 25.7 Å². The number of benzene rings is 1. The Bertz CT molecular complexity index is 1040. The molecule has 1 saturated heterocycles. The molecular formula is C19H19N3O6. The highest BCUT2D eigenvalue weighted by molar-refractivity contribution is 5.77. The number of anilines is 1. The van der Waals surface area contributed by atoms with Gasteiger partial charge in [0.15, 0.2) is 5.75 Å². The average molecular weight is 385 g/mol. The number of carbonyl (C=O) groups is 1. The Kier molecular flexibility index (Phi) is 3.57. The number of nitrogens with zero attached hydrogens (tertiary/aromatic N) is 1. The molecule has 1 aromatic carbocycles. The lowest BCUT2D eigenvalue weighted by atomic mass is 10.0. The van der Waals surface area contributed by atoms with Gasteiger partial charge in [-0.05, 0) is 24.0 Å². The molecule has 5 N–H and O–H groups in total. The van der Waals surface area contributed by atoms with E-state index in [9.17, 15) is 14.7 Å². The van der Waals surface area contributed by atoms with Crippen molar-refractivity contribution in [3.05, 3.63) is 34.1 Å². The van der Waals surface area contributed by atoms with Crippen LogP contribution in [0.15, 0.2) is 23.0 Å². The first-order valence-electron chi connectivity index (χ1n) is 9.10. The number of carboxylic acid groups (broad SMARTS) is 1. The van der Waals surface area contributed by atoms with Crippen molar-refractivity contribution in [1.29, 1.82) is 0 Å². The van der Waals surface area contributed by atoms with Crippen LogP contribution in [-0.4, -0.2) is 47.1 Å². The zero-order valence-electron chi connectivity index (χ0n) is 14.8. The molecule has 1 saturated carbocycles. The van der Waals surface area contributed by atoms with E-state index in [4.69, 9.17) is 15.6 Å². The number of aromatic amines is 1. The van der Waals surface area contributed by atoms with Crippen molar-refractivity contribution >= 4 is 11.8 Å². The Balaban J connectivity index is 1.54. The average Bonchev–Trinajstić information content (AvgIpc) is 3.09. The van der Waals surface area contributed by atoms with Crippen molar-refractivity contribution < 1.29 is 24.5 Å². The minimum atomic E-state index is -1.67. The van der Waals surface area contributed by atoms with E-state index < -0.39 is 23.2 Å². The van der Waals surface area contributed by atoms with Gasteiger partial charge in [-0.1, -0.05) is 0 Å². The van der Waals surface area contributed by atoms with Crippen molar-refractivity contribution in [1.82, 2.24) is 4.98 Å². The number of nitrogens with two attached hydrogens (primary N) is 1. The molecule has 9 heteroatoms. The maximum Gasteiger partial charge on any atom is 0.511 e. The summed E-state index contributed by atoms with van der Waals surface area (Å²) in [5.74, 6) is 0.611. The van der Waals surface area contributed by atoms with E-state index in [-0.39, 0.29) is 6.61 Å². The number of H-pyrrole nitrogens is 1. The van der Waals surface area contributed by atoms with E-state index in [1.54, 1.807) is 0 Å². The molecule has 0 bridgehead atoms. The van der Waals surface area contributed by atoms with Gasteiger partial charge in [-0.3, -0.25) is 4.79 Å². The first-order valence-corrected chi connectivity index (χ1v) is 9.10. The van der Waals surface area contributed by atoms with Gasteiger partial charge in [0.1, 0.15) is 5.75 Å². The number of rotatable bonds is 2. The summed E-state index contributed by atoms with van der Waals surface area (Å²) in [5.41, 5.74) is 7.65. The number of hydrogen-bond donors (Lipinski definition) is 4. The lowest BCUT2D eigenvalue weighted by molar-refractivity contribution is 0.142. The summed E-state index contributed by atoms with van der Waals surface area (Å²) in [5, 5.41) is 19.2. The molecule has 2 aliphatic heterocycles. The van der Waals surface area contributed by atoms with Crippen molar-refractivity contribution in [2.75, 3.05) is 24.6 Å². The van der Waals surface area contributed by atoms with E-state index in [0.29, 0.717) is 46.9 Å². The topological polar surface area (TPSA) is 138 Å². The fourth-order valence-electron chi connectivity index (χ4n) is 4.34. The summed E-state index contributed by atoms with van der Waals surface area (Å²) in [7, 11) is 0. The van der Waals surface area contributed by atoms with Gasteiger partial charge < -0.3 is 35.3 Å². The van der Waals surface area contributed by atoms with Crippen LogP contribution in [0.1, 0.15) is 5.56 Å². The Morgan fingerprint density at radius 2 is 2.07 bits per heavy atom. The van der Waals surface area contributed by atoms with Crippen LogP contribution in [0.5, 0.6) is 17.2 Å². The summed E-state index contributed by atoms with van der Waals surface area (Å²) >= 11 is 0. The molecule has 3 atom stereocenters. The number of aromatic hydroxyl groups is 1. The van der Waals surface area contributed by atoms with Crippen LogP contribution in [0.25, 0.3) is 11.3 Å². The maximum atomic E-state index is 12.3. The molecule has 146 valence electrons. The quantitative estimate of drug-likeness (QED) is 0.565. The van der Waals surface area contributed by atoms with Gasteiger partial charge in [0.2, 0.25) is 5.75 Å². The minimum absolute atomic E-state index is 0.270. The number of pyridine rings is 1. The number of aromatic nitrogens is 1. The van der Waals surface area contributed by atoms with Crippen molar-refractivity contribution in [2.45, 2.75) is 12.5 Å². The highest BCUT2D eigenvalue weighted by atomic mass is 16.7. The van der Waals surface area contributed by atoms with Crippen LogP contribution in [-0.2, 0) is 6.42 Å². The fourth-order valence-corrected chi connectivity index (χ4v) is 4.34. The second kappa shape index (κ2) is 5.90. The molecule has 0 amide bonds. The summed E-state index contributed by atoms with van der Waals surface area (Å²) in [6.07, 6.45) is -1.38. The lowest BCUT2D eigenvalue weighted by Crippen LogP contribution is -2.27. The number of fused-ring (bicyclic) bond motifs is 4. The fraction of sp³-hybridized carbons (Fsp3) is 0.368. The molecule has 9 nitrogen and oxygen atoms in total. The summed E-state index contributed by atoms with van der Waals surface area (Å²) in [6, 6.07) is 6.03. The molecule has 1 unspecified atom stereocenters. The highest BCUT2D eigenvalue weighted by Gasteiger charge is 2.53. The number of nitrogens with one attached hydrogen (secondary N) is 1. The standard InChI is InChI=1S/C19H19N3O6/c20-14-11-6-22(7-12(11)14)8-1-2-9-13(5-8)27-4-3-10-15(9)21-18(24)17(16(10)23)28-19(25)26/h1-2,5,11-12,14H,3-4,6-7,20H2,(H,25,26)(H2,21,23,24)/t11-,12+,14?. The Morgan fingerprint density at radius 1 is 1.32 bits per heavy atom. The lowest BCUT2D eigenvalue weighted by Gasteiger charge is -2.22. The smallest absolute Gasteiger partial charge is 0.504 e. The molecule has 3 heterocycles. The third kappa shape index (κ3) is 2.50. The Morgan fingerprint density at radius 3 is 2.79 bits per heavy atom. The molecule has 5 rings (SSSR count). The van der Waals surface area contributed by atoms with Gasteiger partial charge >= 0.3 is 6.16 Å². The van der Waals surface area contributed by atoms with Crippen LogP contribution in [0.3, 0.4) is 0 Å². The zero-order valence-corrected chi connectivity index (χ0v) is 14.8. The van der Waals surface area contributed by atoms with Crippen molar-refractivity contribution in [3.8, 4) is 28.5 Å². The molecule has 2 fully saturated rings. The van der Waals surface area contributed by atoms with Crippen LogP contribution in [0, 0.1) is 11.8 Å². The van der Waals surface area contributed by atoms with E-state index in [1.165, 1.54) is 0 Å². The minimum Gasteiger partial charge on any atom is -0.504 e. The van der Waals surface area contributed by atoms with E-state index in [2.05, 4.69) is 14.6 Å². The van der Waals surface area contributed by atoms with Gasteiger partial charge in [0.25, 0.3) is 5.56 Å². The number of piperidine rings is 1. The molecule has 0 spiro atoms. The summed E-state index contributed by atoms with van der Waals surface area (Å²) in [6.45, 7) is 2.12. The third-order valence-corrected chi connectivity index (χ3v) is 5.91. The predicted octanol–water partition coefficient (Wildman–Crippen LogP) is 1.13. The van der Waals surface area contributed by atoms with Crippen molar-refractivity contribution in [2.24, 2.45) is 17.6 Å². The molecule has 1 aromatic heterocycles. The monoisotopic (exact) mass is 385 g/mol. The molecule has 2 aromatic rings. The van der Waals surface area contributed by atoms with Crippen molar-refractivity contribution in [3.63, 3.8) is 0 Å². The zero-order chi connectivity index (χ0) is 19.6. The predicted molar refractivity (Wildman–Crippen MR) is 99.2 cm³/mol. The van der Waals surface area contributed by atoms with Crippen LogP contribution in [0.2, 0.25) is 0 Å².